The van der Waals surface area contributed by atoms with Crippen molar-refractivity contribution in [2.45, 2.75) is 122 Å². The Labute approximate surface area is 215 Å². The van der Waals surface area contributed by atoms with E-state index in [-0.39, 0.29) is 0 Å². The molecule has 2 aliphatic carbocycles. The number of aromatic hydroxyl groups is 1. The Kier molecular flexibility index (Phi) is 14.8. The van der Waals surface area contributed by atoms with Gasteiger partial charge in [-0.1, -0.05) is 76.8 Å². The summed E-state index contributed by atoms with van der Waals surface area (Å²) in [5.41, 5.74) is 3.28. The Hall–Kier alpha value is 0.153. The fraction of sp³-hybridized carbons (Fsp3) is 0.741. The molecule has 0 unspecified atom stereocenters. The summed E-state index contributed by atoms with van der Waals surface area (Å²) in [4.78, 5) is 4.89. The number of halogens is 2. The van der Waals surface area contributed by atoms with E-state index < -0.39 is 20.8 Å². The van der Waals surface area contributed by atoms with Crippen LogP contribution in [0.5, 0.6) is 5.75 Å². The Morgan fingerprint density at radius 2 is 1.34 bits per heavy atom. The molecule has 1 aromatic rings. The summed E-state index contributed by atoms with van der Waals surface area (Å²) in [7, 11) is 9.87. The number of rotatable bonds is 3. The second-order valence-corrected chi connectivity index (χ2v) is 13.7. The van der Waals surface area contributed by atoms with E-state index in [0.717, 1.165) is 17.0 Å². The van der Waals surface area contributed by atoms with Crippen LogP contribution in [-0.2, 0) is 20.8 Å². The van der Waals surface area contributed by atoms with Crippen molar-refractivity contribution in [2.75, 3.05) is 0 Å². The van der Waals surface area contributed by atoms with Crippen molar-refractivity contribution in [1.82, 2.24) is 0 Å². The first-order valence-electron chi connectivity index (χ1n) is 12.9. The predicted molar refractivity (Wildman–Crippen MR) is 137 cm³/mol. The molecule has 0 radical (unpaired) electrons. The number of phenolic OH excluding ortho intramolecular Hbond substituents is 1. The monoisotopic (exact) mass is 557 g/mol. The van der Waals surface area contributed by atoms with Crippen LogP contribution < -0.4 is 0 Å². The van der Waals surface area contributed by atoms with Gasteiger partial charge in [-0.3, -0.25) is 4.99 Å². The van der Waals surface area contributed by atoms with Crippen molar-refractivity contribution >= 4 is 23.2 Å². The third-order valence-corrected chi connectivity index (χ3v) is 7.41. The van der Waals surface area contributed by atoms with Crippen molar-refractivity contribution in [3.8, 4) is 5.75 Å². The van der Waals surface area contributed by atoms with Crippen molar-refractivity contribution in [2.24, 2.45) is 10.9 Å². The van der Waals surface area contributed by atoms with Gasteiger partial charge < -0.3 is 5.11 Å². The van der Waals surface area contributed by atoms with E-state index in [1.807, 2.05) is 6.21 Å². The Bertz CT molecular complexity index is 662. The third kappa shape index (κ3) is 10.2. The van der Waals surface area contributed by atoms with Gasteiger partial charge in [-0.15, -0.1) is 0 Å². The number of aliphatic imine (C=N–C) groups is 1. The van der Waals surface area contributed by atoms with E-state index in [4.69, 9.17) is 22.0 Å². The topological polar surface area (TPSA) is 32.6 Å². The van der Waals surface area contributed by atoms with Crippen LogP contribution in [0, 0.1) is 12.8 Å². The van der Waals surface area contributed by atoms with Crippen molar-refractivity contribution < 1.29 is 26.0 Å². The van der Waals surface area contributed by atoms with E-state index >= 15 is 0 Å². The molecule has 32 heavy (non-hydrogen) atoms. The molecule has 1 aromatic carbocycles. The quantitative estimate of drug-likeness (QED) is 0.368. The van der Waals surface area contributed by atoms with E-state index in [1.54, 1.807) is 0 Å². The van der Waals surface area contributed by atoms with Crippen LogP contribution in [0.2, 0.25) is 0 Å². The van der Waals surface area contributed by atoms with E-state index in [9.17, 15) is 5.11 Å². The maximum absolute atomic E-state index is 11.2. The zero-order valence-corrected chi connectivity index (χ0v) is 24.2. The van der Waals surface area contributed by atoms with Gasteiger partial charge in [0.05, 0.1) is 0 Å². The van der Waals surface area contributed by atoms with Crippen LogP contribution in [0.25, 0.3) is 0 Å². The molecule has 1 N–H and O–H groups in total. The number of aryl methyl sites for hydroxylation is 1. The van der Waals surface area contributed by atoms with Gasteiger partial charge in [-0.2, -0.15) is 0 Å². The van der Waals surface area contributed by atoms with Crippen molar-refractivity contribution in [3.05, 3.63) is 28.8 Å². The molecule has 2 fully saturated rings. The number of hydrogen-bond donors (Lipinski definition) is 1. The maximum atomic E-state index is 11.2. The fourth-order valence-corrected chi connectivity index (χ4v) is 5.26. The average Bonchev–Trinajstić information content (AvgIpc) is 2.76. The molecule has 0 saturated heterocycles. The Balaban J connectivity index is 0.00000114. The summed E-state index contributed by atoms with van der Waals surface area (Å²) < 4.78 is 0. The van der Waals surface area contributed by atoms with Crippen LogP contribution in [0.4, 0.5) is 0 Å². The molecule has 2 aliphatic rings. The normalized spacial score (nSPS) is 24.1. The van der Waals surface area contributed by atoms with Gasteiger partial charge in [0.1, 0.15) is 5.75 Å². The number of hydrogen-bond acceptors (Lipinski definition) is 2. The fourth-order valence-electron chi connectivity index (χ4n) is 5.26. The van der Waals surface area contributed by atoms with E-state index in [1.165, 1.54) is 102 Å². The molecule has 0 heterocycles. The van der Waals surface area contributed by atoms with Gasteiger partial charge in [-0.05, 0) is 68.4 Å². The molecule has 0 spiro atoms. The van der Waals surface area contributed by atoms with E-state index in [0.29, 0.717) is 17.7 Å². The van der Waals surface area contributed by atoms with E-state index in [2.05, 4.69) is 26.0 Å². The summed E-state index contributed by atoms with van der Waals surface area (Å²) in [6, 6.07) is 4.84. The molecule has 0 aromatic heterocycles. The summed E-state index contributed by atoms with van der Waals surface area (Å²) in [6.45, 7) is 4.46. The summed E-state index contributed by atoms with van der Waals surface area (Å²) >= 11 is -0.826. The van der Waals surface area contributed by atoms with Gasteiger partial charge in [0.2, 0.25) is 0 Å². The zero-order chi connectivity index (χ0) is 23.2. The molecule has 2 saturated carbocycles. The predicted octanol–water partition coefficient (Wildman–Crippen LogP) is 9.46. The zero-order valence-electron chi connectivity index (χ0n) is 20.2. The molecule has 180 valence electrons. The molecule has 5 heteroatoms. The number of benzene rings is 1. The van der Waals surface area contributed by atoms with Gasteiger partial charge in [0, 0.05) is 17.8 Å². The third-order valence-electron chi connectivity index (χ3n) is 7.41. The van der Waals surface area contributed by atoms with Gasteiger partial charge in [0.25, 0.3) is 0 Å². The first-order chi connectivity index (χ1) is 15.6. The SMILES string of the molecule is Cc1ccc(C2CCCCCCCCCCC2)c(O)c1C=NC1CCC(C)CC1.[Cl][Zr][Cl]. The van der Waals surface area contributed by atoms with Gasteiger partial charge in [-0.25, -0.2) is 0 Å². The molecule has 3 rings (SSSR count). The summed E-state index contributed by atoms with van der Waals surface area (Å²) in [5.74, 6) is 1.86. The standard InChI is InChI=1S/C27H43NO.2ClH.Zr/c1-21-14-17-24(18-15-21)28-20-26-22(2)16-19-25(27(26)29)23-12-10-8-6-4-3-5-7-9-11-13-23;;;/h16,19-21,23-24,29H,3-15,17-18H2,1-2H3;2*1H;/q;;;+2/p-2. The minimum absolute atomic E-state index is 0.440. The molecular weight excluding hydrogens is 516 g/mol. The Morgan fingerprint density at radius 1 is 0.844 bits per heavy atom. The Morgan fingerprint density at radius 3 is 1.88 bits per heavy atom. The first kappa shape index (κ1) is 28.4. The first-order valence-corrected chi connectivity index (χ1v) is 19.2. The van der Waals surface area contributed by atoms with Crippen LogP contribution in [-0.4, -0.2) is 17.4 Å². The molecular formula is C27H43Cl2NOZr. The number of nitrogens with zero attached hydrogens (tertiary/aromatic N) is 1. The number of phenols is 1. The second kappa shape index (κ2) is 16.7. The molecule has 0 bridgehead atoms. The van der Waals surface area contributed by atoms with Crippen LogP contribution >= 0.6 is 17.0 Å². The van der Waals surface area contributed by atoms with Gasteiger partial charge >= 0.3 is 37.9 Å². The molecule has 0 aliphatic heterocycles. The molecule has 2 nitrogen and oxygen atoms in total. The summed E-state index contributed by atoms with van der Waals surface area (Å²) in [5, 5.41) is 11.2. The van der Waals surface area contributed by atoms with Crippen molar-refractivity contribution in [1.29, 1.82) is 0 Å². The molecule has 0 amide bonds. The van der Waals surface area contributed by atoms with Crippen LogP contribution in [0.1, 0.15) is 126 Å². The van der Waals surface area contributed by atoms with Crippen LogP contribution in [0.15, 0.2) is 17.1 Å². The van der Waals surface area contributed by atoms with Gasteiger partial charge in [0.15, 0.2) is 0 Å². The summed E-state index contributed by atoms with van der Waals surface area (Å²) in [6.07, 6.45) is 21.6. The van der Waals surface area contributed by atoms with Crippen LogP contribution in [0.3, 0.4) is 0 Å². The van der Waals surface area contributed by atoms with Crippen molar-refractivity contribution in [3.63, 3.8) is 0 Å². The minimum atomic E-state index is -0.826. The molecule has 0 atom stereocenters. The second-order valence-electron chi connectivity index (χ2n) is 9.95. The average molecular weight is 560 g/mol.